The highest BCUT2D eigenvalue weighted by atomic mass is 79.9. The predicted octanol–water partition coefficient (Wildman–Crippen LogP) is 4.57. The Labute approximate surface area is 118 Å². The molecule has 2 aromatic carbocycles. The van der Waals surface area contributed by atoms with E-state index in [0.29, 0.717) is 0 Å². The Balaban J connectivity index is 2.36. The first-order chi connectivity index (χ1) is 8.08. The average Bonchev–Trinajstić information content (AvgIpc) is 2.29. The highest BCUT2D eigenvalue weighted by Crippen LogP contribution is 2.28. The molecule has 3 heteroatoms. The lowest BCUT2D eigenvalue weighted by atomic mass is 9.99. The molecule has 0 saturated carbocycles. The lowest BCUT2D eigenvalue weighted by Crippen LogP contribution is -2.12. The quantitative estimate of drug-likeness (QED) is 0.839. The van der Waals surface area contributed by atoms with Crippen molar-refractivity contribution in [3.63, 3.8) is 0 Å². The molecule has 17 heavy (non-hydrogen) atoms. The van der Waals surface area contributed by atoms with E-state index in [0.717, 1.165) is 20.1 Å². The van der Waals surface area contributed by atoms with Crippen molar-refractivity contribution in [1.29, 1.82) is 0 Å². The van der Waals surface area contributed by atoms with Crippen LogP contribution in [0.5, 0.6) is 0 Å². The molecular formula is C14H13Br2N. The van der Waals surface area contributed by atoms with Gasteiger partial charge in [0, 0.05) is 8.95 Å². The number of halogens is 2. The summed E-state index contributed by atoms with van der Waals surface area (Å²) in [6.45, 7) is 2.07. The Hall–Kier alpha value is -0.640. The Bertz CT molecular complexity index is 520. The van der Waals surface area contributed by atoms with Crippen molar-refractivity contribution < 1.29 is 0 Å². The van der Waals surface area contributed by atoms with E-state index in [1.54, 1.807) is 0 Å². The number of hydrogen-bond acceptors (Lipinski definition) is 1. The van der Waals surface area contributed by atoms with Gasteiger partial charge in [0.1, 0.15) is 0 Å². The summed E-state index contributed by atoms with van der Waals surface area (Å²) in [6, 6.07) is 14.3. The lowest BCUT2D eigenvalue weighted by molar-refractivity contribution is 0.864. The molecule has 0 saturated heterocycles. The van der Waals surface area contributed by atoms with Crippen LogP contribution in [-0.2, 0) is 0 Å². The van der Waals surface area contributed by atoms with Gasteiger partial charge in [0.25, 0.3) is 0 Å². The molecular weight excluding hydrogens is 342 g/mol. The van der Waals surface area contributed by atoms with Crippen LogP contribution in [0.2, 0.25) is 0 Å². The average molecular weight is 355 g/mol. The SMILES string of the molecule is Cc1ccc(C(N)c2ccc(Br)cc2)c(Br)c1. The van der Waals surface area contributed by atoms with Crippen molar-refractivity contribution >= 4 is 31.9 Å². The number of aryl methyl sites for hydroxylation is 1. The fourth-order valence-electron chi connectivity index (χ4n) is 1.73. The molecule has 2 rings (SSSR count). The third kappa shape index (κ3) is 2.97. The summed E-state index contributed by atoms with van der Waals surface area (Å²) < 4.78 is 2.13. The van der Waals surface area contributed by atoms with Crippen LogP contribution in [0.3, 0.4) is 0 Å². The molecule has 1 atom stereocenters. The Morgan fingerprint density at radius 2 is 1.65 bits per heavy atom. The molecule has 0 aliphatic heterocycles. The molecule has 0 aliphatic rings. The molecule has 0 fully saturated rings. The van der Waals surface area contributed by atoms with Crippen molar-refractivity contribution in [3.05, 3.63) is 68.1 Å². The molecule has 0 aromatic heterocycles. The minimum absolute atomic E-state index is 0.0990. The van der Waals surface area contributed by atoms with Crippen LogP contribution in [0.1, 0.15) is 22.7 Å². The fraction of sp³-hybridized carbons (Fsp3) is 0.143. The van der Waals surface area contributed by atoms with E-state index in [-0.39, 0.29) is 6.04 Å². The topological polar surface area (TPSA) is 26.0 Å². The highest BCUT2D eigenvalue weighted by molar-refractivity contribution is 9.10. The summed E-state index contributed by atoms with van der Waals surface area (Å²) in [6.07, 6.45) is 0. The van der Waals surface area contributed by atoms with Crippen LogP contribution < -0.4 is 5.73 Å². The maximum absolute atomic E-state index is 6.27. The maximum Gasteiger partial charge on any atom is 0.0562 e. The van der Waals surface area contributed by atoms with Crippen LogP contribution in [0.15, 0.2) is 51.4 Å². The summed E-state index contributed by atoms with van der Waals surface area (Å²) in [5, 5.41) is 0. The first kappa shape index (κ1) is 12.8. The van der Waals surface area contributed by atoms with Crippen molar-refractivity contribution in [2.45, 2.75) is 13.0 Å². The molecule has 88 valence electrons. The van der Waals surface area contributed by atoms with Gasteiger partial charge in [-0.15, -0.1) is 0 Å². The van der Waals surface area contributed by atoms with Gasteiger partial charge in [0.05, 0.1) is 6.04 Å². The van der Waals surface area contributed by atoms with E-state index >= 15 is 0 Å². The van der Waals surface area contributed by atoms with Crippen molar-refractivity contribution in [1.82, 2.24) is 0 Å². The predicted molar refractivity (Wildman–Crippen MR) is 79.1 cm³/mol. The summed E-state index contributed by atoms with van der Waals surface area (Å²) in [5.41, 5.74) is 9.72. The zero-order valence-electron chi connectivity index (χ0n) is 9.45. The van der Waals surface area contributed by atoms with E-state index in [9.17, 15) is 0 Å². The van der Waals surface area contributed by atoms with Gasteiger partial charge in [-0.05, 0) is 41.8 Å². The molecule has 1 unspecified atom stereocenters. The first-order valence-corrected chi connectivity index (χ1v) is 6.93. The van der Waals surface area contributed by atoms with Crippen LogP contribution in [-0.4, -0.2) is 0 Å². The second-order valence-electron chi connectivity index (χ2n) is 4.05. The van der Waals surface area contributed by atoms with Gasteiger partial charge in [0.15, 0.2) is 0 Å². The zero-order chi connectivity index (χ0) is 12.4. The standard InChI is InChI=1S/C14H13Br2N/c1-9-2-7-12(13(16)8-9)14(17)10-3-5-11(15)6-4-10/h2-8,14H,17H2,1H3. The molecule has 0 spiro atoms. The maximum atomic E-state index is 6.27. The second kappa shape index (κ2) is 5.34. The molecule has 2 aromatic rings. The van der Waals surface area contributed by atoms with Crippen LogP contribution in [0, 0.1) is 6.92 Å². The molecule has 0 radical (unpaired) electrons. The van der Waals surface area contributed by atoms with Crippen molar-refractivity contribution in [3.8, 4) is 0 Å². The molecule has 0 heterocycles. The first-order valence-electron chi connectivity index (χ1n) is 5.35. The summed E-state index contributed by atoms with van der Waals surface area (Å²) in [4.78, 5) is 0. The second-order valence-corrected chi connectivity index (χ2v) is 5.82. The number of hydrogen-bond donors (Lipinski definition) is 1. The van der Waals surface area contributed by atoms with E-state index in [1.807, 2.05) is 24.3 Å². The third-order valence-corrected chi connectivity index (χ3v) is 3.94. The Kier molecular flexibility index (Phi) is 4.02. The van der Waals surface area contributed by atoms with E-state index in [4.69, 9.17) is 5.73 Å². The van der Waals surface area contributed by atoms with Gasteiger partial charge < -0.3 is 5.73 Å². The van der Waals surface area contributed by atoms with Crippen LogP contribution in [0.25, 0.3) is 0 Å². The van der Waals surface area contributed by atoms with Gasteiger partial charge in [-0.3, -0.25) is 0 Å². The summed E-state index contributed by atoms with van der Waals surface area (Å²) >= 11 is 6.99. The fourth-order valence-corrected chi connectivity index (χ4v) is 2.74. The van der Waals surface area contributed by atoms with E-state index in [1.165, 1.54) is 5.56 Å². The molecule has 0 amide bonds. The third-order valence-electron chi connectivity index (χ3n) is 2.72. The lowest BCUT2D eigenvalue weighted by Gasteiger charge is -2.15. The number of nitrogens with two attached hydrogens (primary N) is 1. The number of rotatable bonds is 2. The molecule has 2 N–H and O–H groups in total. The van der Waals surface area contributed by atoms with Gasteiger partial charge in [-0.2, -0.15) is 0 Å². The normalized spacial score (nSPS) is 12.5. The molecule has 1 nitrogen and oxygen atoms in total. The Morgan fingerprint density at radius 1 is 1.00 bits per heavy atom. The highest BCUT2D eigenvalue weighted by Gasteiger charge is 2.11. The smallest absolute Gasteiger partial charge is 0.0562 e. The Morgan fingerprint density at radius 3 is 2.24 bits per heavy atom. The van der Waals surface area contributed by atoms with Crippen LogP contribution >= 0.6 is 31.9 Å². The van der Waals surface area contributed by atoms with Crippen molar-refractivity contribution in [2.75, 3.05) is 0 Å². The van der Waals surface area contributed by atoms with Gasteiger partial charge in [-0.25, -0.2) is 0 Å². The summed E-state index contributed by atoms with van der Waals surface area (Å²) in [7, 11) is 0. The zero-order valence-corrected chi connectivity index (χ0v) is 12.6. The largest absolute Gasteiger partial charge is 0.320 e. The molecule has 0 bridgehead atoms. The minimum atomic E-state index is -0.0990. The van der Waals surface area contributed by atoms with Gasteiger partial charge in [-0.1, -0.05) is 56.1 Å². The molecule has 0 aliphatic carbocycles. The van der Waals surface area contributed by atoms with Gasteiger partial charge >= 0.3 is 0 Å². The van der Waals surface area contributed by atoms with Gasteiger partial charge in [0.2, 0.25) is 0 Å². The summed E-state index contributed by atoms with van der Waals surface area (Å²) in [5.74, 6) is 0. The number of benzene rings is 2. The van der Waals surface area contributed by atoms with E-state index < -0.39 is 0 Å². The monoisotopic (exact) mass is 353 g/mol. The minimum Gasteiger partial charge on any atom is -0.320 e. The van der Waals surface area contributed by atoms with Crippen molar-refractivity contribution in [2.24, 2.45) is 5.73 Å². The van der Waals surface area contributed by atoms with E-state index in [2.05, 4.69) is 57.0 Å². The van der Waals surface area contributed by atoms with Crippen LogP contribution in [0.4, 0.5) is 0 Å².